The fourth-order valence-corrected chi connectivity index (χ4v) is 2.06. The minimum atomic E-state index is -0.798. The van der Waals surface area contributed by atoms with E-state index >= 15 is 0 Å². The zero-order valence-corrected chi connectivity index (χ0v) is 12.5. The van der Waals surface area contributed by atoms with Crippen molar-refractivity contribution in [1.29, 1.82) is 0 Å². The molecule has 0 fully saturated rings. The lowest BCUT2D eigenvalue weighted by Crippen LogP contribution is -2.24. The largest absolute Gasteiger partial charge is 0.507 e. The van der Waals surface area contributed by atoms with Crippen molar-refractivity contribution in [2.45, 2.75) is 25.7 Å². The molecule has 19 heavy (non-hydrogen) atoms. The van der Waals surface area contributed by atoms with Gasteiger partial charge in [-0.2, -0.15) is 0 Å². The number of aromatic hydroxyl groups is 1. The van der Waals surface area contributed by atoms with Crippen molar-refractivity contribution in [2.75, 3.05) is 6.54 Å². The maximum Gasteiger partial charge on any atom is 0.303 e. The Bertz CT molecular complexity index is 462. The summed E-state index contributed by atoms with van der Waals surface area (Å²) in [5, 5.41) is 20.7. The van der Waals surface area contributed by atoms with E-state index in [1.54, 1.807) is 12.1 Å². The zero-order chi connectivity index (χ0) is 14.3. The topological polar surface area (TPSA) is 86.6 Å². The van der Waals surface area contributed by atoms with E-state index in [1.165, 1.54) is 6.07 Å². The van der Waals surface area contributed by atoms with Crippen LogP contribution in [0, 0.1) is 3.57 Å². The molecular weight excluding hydrogens is 361 g/mol. The quantitative estimate of drug-likeness (QED) is 0.503. The maximum absolute atomic E-state index is 11.8. The minimum Gasteiger partial charge on any atom is -0.507 e. The summed E-state index contributed by atoms with van der Waals surface area (Å²) in [5.41, 5.74) is 0.262. The van der Waals surface area contributed by atoms with Crippen LogP contribution in [0.1, 0.15) is 36.0 Å². The van der Waals surface area contributed by atoms with E-state index < -0.39 is 5.97 Å². The average molecular weight is 377 g/mol. The van der Waals surface area contributed by atoms with Crippen LogP contribution >= 0.6 is 22.6 Å². The molecule has 0 aliphatic carbocycles. The molecular formula is C13H16INO4. The Kier molecular flexibility index (Phi) is 6.61. The first-order valence-electron chi connectivity index (χ1n) is 5.99. The molecule has 0 atom stereocenters. The third-order valence-electron chi connectivity index (χ3n) is 2.56. The lowest BCUT2D eigenvalue weighted by molar-refractivity contribution is -0.137. The Morgan fingerprint density at radius 2 is 1.95 bits per heavy atom. The van der Waals surface area contributed by atoms with Gasteiger partial charge < -0.3 is 15.5 Å². The molecule has 1 aromatic rings. The lowest BCUT2D eigenvalue weighted by atomic mass is 10.1. The summed E-state index contributed by atoms with van der Waals surface area (Å²) in [4.78, 5) is 22.1. The van der Waals surface area contributed by atoms with Gasteiger partial charge in [0.05, 0.1) is 5.56 Å². The van der Waals surface area contributed by atoms with Gasteiger partial charge in [0.2, 0.25) is 0 Å². The van der Waals surface area contributed by atoms with Crippen LogP contribution in [0.4, 0.5) is 0 Å². The number of benzene rings is 1. The van der Waals surface area contributed by atoms with Crippen LogP contribution in [0.25, 0.3) is 0 Å². The number of carbonyl (C=O) groups excluding carboxylic acids is 1. The molecule has 6 heteroatoms. The number of hydrogen-bond acceptors (Lipinski definition) is 3. The number of rotatable bonds is 7. The average Bonchev–Trinajstić information content (AvgIpc) is 2.36. The summed E-state index contributed by atoms with van der Waals surface area (Å²) in [6, 6.07) is 4.83. The second-order valence-electron chi connectivity index (χ2n) is 4.12. The van der Waals surface area contributed by atoms with Gasteiger partial charge in [0.25, 0.3) is 5.91 Å². The van der Waals surface area contributed by atoms with Gasteiger partial charge in [-0.25, -0.2) is 0 Å². The van der Waals surface area contributed by atoms with Crippen LogP contribution in [-0.2, 0) is 4.79 Å². The number of unbranched alkanes of at least 4 members (excludes halogenated alkanes) is 2. The minimum absolute atomic E-state index is 0.0382. The van der Waals surface area contributed by atoms with Gasteiger partial charge in [0.1, 0.15) is 5.75 Å². The number of phenolic OH excluding ortho intramolecular Hbond substituents is 1. The lowest BCUT2D eigenvalue weighted by Gasteiger charge is -2.07. The van der Waals surface area contributed by atoms with Crippen molar-refractivity contribution in [2.24, 2.45) is 0 Å². The van der Waals surface area contributed by atoms with Gasteiger partial charge in [0.15, 0.2) is 0 Å². The number of carboxylic acids is 1. The van der Waals surface area contributed by atoms with Crippen LogP contribution in [0.2, 0.25) is 0 Å². The van der Waals surface area contributed by atoms with Crippen molar-refractivity contribution in [3.05, 3.63) is 27.3 Å². The van der Waals surface area contributed by atoms with Crippen molar-refractivity contribution in [3.63, 3.8) is 0 Å². The van der Waals surface area contributed by atoms with Gasteiger partial charge in [-0.05, 0) is 53.6 Å². The van der Waals surface area contributed by atoms with Gasteiger partial charge >= 0.3 is 5.97 Å². The first kappa shape index (κ1) is 15.7. The van der Waals surface area contributed by atoms with Crippen LogP contribution in [-0.4, -0.2) is 28.6 Å². The molecule has 104 valence electrons. The van der Waals surface area contributed by atoms with E-state index in [2.05, 4.69) is 27.9 Å². The van der Waals surface area contributed by atoms with Gasteiger partial charge in [0, 0.05) is 16.5 Å². The molecule has 0 aliphatic heterocycles. The van der Waals surface area contributed by atoms with Gasteiger partial charge in [-0.1, -0.05) is 6.42 Å². The highest BCUT2D eigenvalue weighted by atomic mass is 127. The van der Waals surface area contributed by atoms with Gasteiger partial charge in [-0.15, -0.1) is 0 Å². The number of hydrogen-bond donors (Lipinski definition) is 3. The third kappa shape index (κ3) is 5.91. The molecule has 0 aliphatic rings. The normalized spacial score (nSPS) is 10.2. The molecule has 5 nitrogen and oxygen atoms in total. The SMILES string of the molecule is O=C(O)CCCCCNC(=O)c1cc(I)ccc1O. The summed E-state index contributed by atoms with van der Waals surface area (Å²) in [7, 11) is 0. The Hall–Kier alpha value is -1.31. The maximum atomic E-state index is 11.8. The summed E-state index contributed by atoms with van der Waals surface area (Å²) >= 11 is 2.07. The number of halogens is 1. The monoisotopic (exact) mass is 377 g/mol. The fourth-order valence-electron chi connectivity index (χ4n) is 1.57. The molecule has 0 aromatic heterocycles. The second-order valence-corrected chi connectivity index (χ2v) is 5.37. The van der Waals surface area contributed by atoms with E-state index in [1.807, 2.05) is 0 Å². The summed E-state index contributed by atoms with van der Waals surface area (Å²) in [5.74, 6) is -1.15. The van der Waals surface area contributed by atoms with Crippen molar-refractivity contribution < 1.29 is 19.8 Å². The van der Waals surface area contributed by atoms with Crippen molar-refractivity contribution in [3.8, 4) is 5.75 Å². The molecule has 1 rings (SSSR count). The molecule has 0 saturated carbocycles. The number of phenols is 1. The van der Waals surface area contributed by atoms with E-state index in [0.717, 1.165) is 16.4 Å². The molecule has 0 spiro atoms. The number of amides is 1. The molecule has 0 bridgehead atoms. The number of carboxylic acid groups (broad SMARTS) is 1. The smallest absolute Gasteiger partial charge is 0.303 e. The Balaban J connectivity index is 2.31. The van der Waals surface area contributed by atoms with E-state index in [-0.39, 0.29) is 23.6 Å². The third-order valence-corrected chi connectivity index (χ3v) is 3.23. The highest BCUT2D eigenvalue weighted by molar-refractivity contribution is 14.1. The summed E-state index contributed by atoms with van der Waals surface area (Å²) < 4.78 is 0.877. The molecule has 1 amide bonds. The predicted octanol–water partition coefficient (Wildman–Crippen LogP) is 2.37. The van der Waals surface area contributed by atoms with Crippen LogP contribution in [0.5, 0.6) is 5.75 Å². The zero-order valence-electron chi connectivity index (χ0n) is 10.4. The molecule has 0 saturated heterocycles. The first-order valence-corrected chi connectivity index (χ1v) is 7.07. The van der Waals surface area contributed by atoms with Crippen LogP contribution in [0.3, 0.4) is 0 Å². The Morgan fingerprint density at radius 3 is 2.63 bits per heavy atom. The highest BCUT2D eigenvalue weighted by Crippen LogP contribution is 2.19. The standard InChI is InChI=1S/C13H16INO4/c14-9-5-6-11(16)10(8-9)13(19)15-7-3-1-2-4-12(17)18/h5-6,8,16H,1-4,7H2,(H,15,19)(H,17,18). The highest BCUT2D eigenvalue weighted by Gasteiger charge is 2.10. The molecule has 3 N–H and O–H groups in total. The second kappa shape index (κ2) is 7.98. The molecule has 0 heterocycles. The van der Waals surface area contributed by atoms with Crippen LogP contribution in [0.15, 0.2) is 18.2 Å². The summed E-state index contributed by atoms with van der Waals surface area (Å²) in [6.45, 7) is 0.476. The van der Waals surface area contributed by atoms with Crippen molar-refractivity contribution >= 4 is 34.5 Å². The summed E-state index contributed by atoms with van der Waals surface area (Å²) in [6.07, 6.45) is 2.25. The predicted molar refractivity (Wildman–Crippen MR) is 79.3 cm³/mol. The fraction of sp³-hybridized carbons (Fsp3) is 0.385. The van der Waals surface area contributed by atoms with Gasteiger partial charge in [-0.3, -0.25) is 9.59 Å². The Labute approximate surface area is 125 Å². The molecule has 0 unspecified atom stereocenters. The van der Waals surface area contributed by atoms with E-state index in [9.17, 15) is 14.7 Å². The van der Waals surface area contributed by atoms with E-state index in [0.29, 0.717) is 13.0 Å². The number of carbonyl (C=O) groups is 2. The first-order chi connectivity index (χ1) is 9.00. The molecule has 0 radical (unpaired) electrons. The number of aliphatic carboxylic acids is 1. The number of nitrogens with one attached hydrogen (secondary N) is 1. The van der Waals surface area contributed by atoms with E-state index in [4.69, 9.17) is 5.11 Å². The molecule has 1 aromatic carbocycles. The van der Waals surface area contributed by atoms with Crippen LogP contribution < -0.4 is 5.32 Å². The Morgan fingerprint density at radius 1 is 1.21 bits per heavy atom. The van der Waals surface area contributed by atoms with Crippen molar-refractivity contribution in [1.82, 2.24) is 5.32 Å².